The van der Waals surface area contributed by atoms with Crippen LogP contribution in [0.3, 0.4) is 0 Å². The Morgan fingerprint density at radius 1 is 1.23 bits per heavy atom. The molecule has 0 saturated heterocycles. The molecule has 0 radical (unpaired) electrons. The molecule has 0 fully saturated rings. The quantitative estimate of drug-likeness (QED) is 0.290. The molecule has 0 atom stereocenters. The third-order valence-electron chi connectivity index (χ3n) is 4.70. The highest BCUT2D eigenvalue weighted by Crippen LogP contribution is 2.34. The summed E-state index contributed by atoms with van der Waals surface area (Å²) in [6, 6.07) is 15.3. The molecule has 1 aromatic carbocycles. The monoisotopic (exact) mass is 466 g/mol. The lowest BCUT2D eigenvalue weighted by Crippen LogP contribution is -2.33. The number of amides is 1. The van der Waals surface area contributed by atoms with Gasteiger partial charge in [0, 0.05) is 35.1 Å². The van der Waals surface area contributed by atoms with Gasteiger partial charge < -0.3 is 4.90 Å². The van der Waals surface area contributed by atoms with Crippen molar-refractivity contribution in [1.29, 1.82) is 5.26 Å². The Balaban J connectivity index is 1.58. The Hall–Kier alpha value is -2.93. The molecule has 0 N–H and O–H groups in total. The summed E-state index contributed by atoms with van der Waals surface area (Å²) < 4.78 is 1.51. The Morgan fingerprint density at radius 3 is 2.74 bits per heavy atom. The molecule has 156 valence electrons. The van der Waals surface area contributed by atoms with Crippen LogP contribution in [0.25, 0.3) is 20.7 Å². The molecule has 0 aliphatic carbocycles. The third kappa shape index (κ3) is 4.42. The summed E-state index contributed by atoms with van der Waals surface area (Å²) in [4.78, 5) is 34.0. The zero-order valence-corrected chi connectivity index (χ0v) is 19.1. The second-order valence-electron chi connectivity index (χ2n) is 6.64. The van der Waals surface area contributed by atoms with Gasteiger partial charge in [-0.3, -0.25) is 14.2 Å². The van der Waals surface area contributed by atoms with E-state index in [2.05, 4.69) is 11.1 Å². The van der Waals surface area contributed by atoms with E-state index in [1.807, 2.05) is 53.2 Å². The van der Waals surface area contributed by atoms with Gasteiger partial charge in [0.2, 0.25) is 5.91 Å². The summed E-state index contributed by atoms with van der Waals surface area (Å²) in [7, 11) is 1.68. The smallest absolute Gasteiger partial charge is 0.263 e. The van der Waals surface area contributed by atoms with Gasteiger partial charge in [-0.25, -0.2) is 4.98 Å². The fourth-order valence-electron chi connectivity index (χ4n) is 3.17. The fraction of sp³-hybridized carbons (Fsp3) is 0.182. The summed E-state index contributed by atoms with van der Waals surface area (Å²) in [6.45, 7) is 0.320. The summed E-state index contributed by atoms with van der Waals surface area (Å²) in [5.41, 5.74) is 1.54. The number of nitriles is 1. The number of thioether (sulfide) groups is 1. The summed E-state index contributed by atoms with van der Waals surface area (Å²) >= 11 is 4.26. The standard InChI is InChI=1S/C22H18N4O2S3/c1-25-21(28)19-16(17-9-5-12-29-17)13-30-20(19)24-22(25)31-14-18(27)26(11-6-10-23)15-7-3-2-4-8-15/h2-5,7-9,12-13H,6,11,14H2,1H3. The molecule has 9 heteroatoms. The van der Waals surface area contributed by atoms with Crippen LogP contribution < -0.4 is 10.5 Å². The number of anilines is 1. The molecule has 0 bridgehead atoms. The first-order valence-electron chi connectivity index (χ1n) is 9.47. The van der Waals surface area contributed by atoms with E-state index in [0.717, 1.165) is 16.1 Å². The maximum Gasteiger partial charge on any atom is 0.263 e. The second-order valence-corrected chi connectivity index (χ2v) is 9.39. The molecule has 0 unspecified atom stereocenters. The van der Waals surface area contributed by atoms with Crippen LogP contribution in [0.15, 0.2) is 63.2 Å². The van der Waals surface area contributed by atoms with Gasteiger partial charge in [-0.1, -0.05) is 36.0 Å². The minimum Gasteiger partial charge on any atom is -0.311 e. The zero-order valence-electron chi connectivity index (χ0n) is 16.6. The number of carbonyl (C=O) groups is 1. The molecule has 4 rings (SSSR count). The summed E-state index contributed by atoms with van der Waals surface area (Å²) in [5.74, 6) is -0.0128. The van der Waals surface area contributed by atoms with Gasteiger partial charge in [-0.05, 0) is 23.6 Å². The minimum absolute atomic E-state index is 0.117. The number of carbonyl (C=O) groups excluding carboxylic acids is 1. The second kappa shape index (κ2) is 9.47. The van der Waals surface area contributed by atoms with Crippen molar-refractivity contribution in [3.63, 3.8) is 0 Å². The van der Waals surface area contributed by atoms with Crippen LogP contribution in [0.4, 0.5) is 5.69 Å². The number of hydrogen-bond acceptors (Lipinski definition) is 7. The first-order chi connectivity index (χ1) is 15.1. The normalized spacial score (nSPS) is 10.8. The predicted octanol–water partition coefficient (Wildman–Crippen LogP) is 4.76. The number of para-hydroxylation sites is 1. The largest absolute Gasteiger partial charge is 0.311 e. The van der Waals surface area contributed by atoms with Crippen LogP contribution in [0, 0.1) is 11.3 Å². The molecule has 3 aromatic heterocycles. The average Bonchev–Trinajstić information content (AvgIpc) is 3.46. The number of thiophene rings is 2. The van der Waals surface area contributed by atoms with E-state index in [-0.39, 0.29) is 23.6 Å². The van der Waals surface area contributed by atoms with Gasteiger partial charge in [0.15, 0.2) is 5.16 Å². The molecule has 0 spiro atoms. The summed E-state index contributed by atoms with van der Waals surface area (Å²) in [6.07, 6.45) is 0.245. The Morgan fingerprint density at radius 2 is 2.03 bits per heavy atom. The molecular formula is C22H18N4O2S3. The van der Waals surface area contributed by atoms with Crippen molar-refractivity contribution in [2.75, 3.05) is 17.2 Å². The van der Waals surface area contributed by atoms with Crippen molar-refractivity contribution in [1.82, 2.24) is 9.55 Å². The number of nitrogens with zero attached hydrogens (tertiary/aromatic N) is 4. The first kappa shape index (κ1) is 21.3. The zero-order chi connectivity index (χ0) is 21.8. The van der Waals surface area contributed by atoms with Crippen molar-refractivity contribution in [2.24, 2.45) is 7.05 Å². The van der Waals surface area contributed by atoms with Crippen LogP contribution in [0.5, 0.6) is 0 Å². The SMILES string of the molecule is Cn1c(SCC(=O)N(CCC#N)c2ccccc2)nc2scc(-c3cccs3)c2c1=O. The molecule has 0 aliphatic rings. The molecule has 0 aliphatic heterocycles. The van der Waals surface area contributed by atoms with E-state index in [1.54, 1.807) is 23.3 Å². The Labute approximate surface area is 191 Å². The van der Waals surface area contributed by atoms with Gasteiger partial charge in [-0.15, -0.1) is 22.7 Å². The lowest BCUT2D eigenvalue weighted by atomic mass is 10.2. The predicted molar refractivity (Wildman–Crippen MR) is 128 cm³/mol. The molecule has 0 saturated carbocycles. The maximum atomic E-state index is 13.1. The molecule has 4 aromatic rings. The summed E-state index contributed by atoms with van der Waals surface area (Å²) in [5, 5.41) is 14.0. The Bertz CT molecular complexity index is 1300. The molecule has 1 amide bonds. The van der Waals surface area contributed by atoms with Crippen LogP contribution in [-0.2, 0) is 11.8 Å². The highest BCUT2D eigenvalue weighted by Gasteiger charge is 2.19. The van der Waals surface area contributed by atoms with Crippen LogP contribution >= 0.6 is 34.4 Å². The first-order valence-corrected chi connectivity index (χ1v) is 12.2. The Kier molecular flexibility index (Phi) is 6.51. The van der Waals surface area contributed by atoms with E-state index in [4.69, 9.17) is 5.26 Å². The maximum absolute atomic E-state index is 13.1. The van der Waals surface area contributed by atoms with E-state index in [1.165, 1.54) is 27.7 Å². The van der Waals surface area contributed by atoms with Crippen LogP contribution in [0.1, 0.15) is 6.42 Å². The lowest BCUT2D eigenvalue weighted by molar-refractivity contribution is -0.116. The van der Waals surface area contributed by atoms with Crippen molar-refractivity contribution in [2.45, 2.75) is 11.6 Å². The van der Waals surface area contributed by atoms with E-state index in [0.29, 0.717) is 21.9 Å². The number of fused-ring (bicyclic) bond motifs is 1. The molecule has 6 nitrogen and oxygen atoms in total. The van der Waals surface area contributed by atoms with E-state index in [9.17, 15) is 9.59 Å². The van der Waals surface area contributed by atoms with Gasteiger partial charge in [0.25, 0.3) is 5.56 Å². The van der Waals surface area contributed by atoms with Crippen molar-refractivity contribution < 1.29 is 4.79 Å². The van der Waals surface area contributed by atoms with Crippen molar-refractivity contribution in [3.8, 4) is 16.5 Å². The van der Waals surface area contributed by atoms with Gasteiger partial charge in [0.05, 0.1) is 23.6 Å². The number of hydrogen-bond donors (Lipinski definition) is 0. The molecular weight excluding hydrogens is 448 g/mol. The van der Waals surface area contributed by atoms with E-state index >= 15 is 0 Å². The van der Waals surface area contributed by atoms with Crippen molar-refractivity contribution >= 4 is 56.2 Å². The minimum atomic E-state index is -0.133. The third-order valence-corrected chi connectivity index (χ3v) is 7.49. The van der Waals surface area contributed by atoms with Crippen LogP contribution in [-0.4, -0.2) is 27.8 Å². The average molecular weight is 467 g/mol. The number of benzene rings is 1. The number of aromatic nitrogens is 2. The fourth-order valence-corrected chi connectivity index (χ4v) is 5.82. The highest BCUT2D eigenvalue weighted by atomic mass is 32.2. The molecule has 3 heterocycles. The van der Waals surface area contributed by atoms with Crippen LogP contribution in [0.2, 0.25) is 0 Å². The lowest BCUT2D eigenvalue weighted by Gasteiger charge is -2.21. The highest BCUT2D eigenvalue weighted by molar-refractivity contribution is 7.99. The van der Waals surface area contributed by atoms with Crippen molar-refractivity contribution in [3.05, 3.63) is 63.6 Å². The van der Waals surface area contributed by atoms with Gasteiger partial charge in [0.1, 0.15) is 4.83 Å². The topological polar surface area (TPSA) is 79.0 Å². The van der Waals surface area contributed by atoms with E-state index < -0.39 is 0 Å². The van der Waals surface area contributed by atoms with Gasteiger partial charge in [-0.2, -0.15) is 5.26 Å². The molecule has 31 heavy (non-hydrogen) atoms. The van der Waals surface area contributed by atoms with Gasteiger partial charge >= 0.3 is 0 Å². The number of rotatable bonds is 7.